The Kier molecular flexibility index (Phi) is 9.74. The molecule has 3 aliphatic carbocycles. The van der Waals surface area contributed by atoms with E-state index in [9.17, 15) is 16.8 Å². The van der Waals surface area contributed by atoms with Gasteiger partial charge in [0.2, 0.25) is 0 Å². The third kappa shape index (κ3) is 7.08. The molecule has 0 aromatic heterocycles. The zero-order valence-corrected chi connectivity index (χ0v) is 26.7. The van der Waals surface area contributed by atoms with Crippen molar-refractivity contribution < 1.29 is 16.8 Å². The van der Waals surface area contributed by atoms with E-state index in [-0.39, 0.29) is 10.5 Å². The van der Waals surface area contributed by atoms with E-state index in [2.05, 4.69) is 24.3 Å². The van der Waals surface area contributed by atoms with E-state index in [0.29, 0.717) is 35.5 Å². The quantitative estimate of drug-likeness (QED) is 0.350. The Morgan fingerprint density at radius 1 is 0.524 bits per heavy atom. The lowest BCUT2D eigenvalue weighted by atomic mass is 10.0. The average molecular weight is 605 g/mol. The second-order valence-electron chi connectivity index (χ2n) is 12.3. The fourth-order valence-electron chi connectivity index (χ4n) is 6.56. The molecule has 0 N–H and O–H groups in total. The lowest BCUT2D eigenvalue weighted by Gasteiger charge is -2.13. The zero-order valence-electron chi connectivity index (χ0n) is 25.0. The minimum absolute atomic E-state index is 0.381. The fourth-order valence-corrected chi connectivity index (χ4v) is 10.0. The van der Waals surface area contributed by atoms with Gasteiger partial charge in [0.05, 0.1) is 20.3 Å². The molecule has 0 saturated carbocycles. The normalized spacial score (nSPS) is 24.3. The topological polar surface area (TPSA) is 68.3 Å². The summed E-state index contributed by atoms with van der Waals surface area (Å²) in [4.78, 5) is 0.862. The number of sulfone groups is 2. The van der Waals surface area contributed by atoms with Crippen LogP contribution in [0.5, 0.6) is 0 Å². The highest BCUT2D eigenvalue weighted by Crippen LogP contribution is 2.39. The average Bonchev–Trinajstić information content (AvgIpc) is 3.57. The maximum Gasteiger partial charge on any atom is 0.181 e. The van der Waals surface area contributed by atoms with E-state index >= 15 is 0 Å². The van der Waals surface area contributed by atoms with Gasteiger partial charge in [-0.05, 0) is 126 Å². The molecule has 0 radical (unpaired) electrons. The minimum Gasteiger partial charge on any atom is -0.223 e. The predicted molar refractivity (Wildman–Crippen MR) is 172 cm³/mol. The summed E-state index contributed by atoms with van der Waals surface area (Å²) >= 11 is 0. The SMILES string of the molecule is Cc1ccc(S(=O)(=O)C2CC3=C(CCCC/C=C/C4=C(CCCC/C=C/3)CC(S(=O)(=O)c3ccc(C)cc3)C4)C2)cc1. The fraction of sp³-hybridized carbons (Fsp3) is 0.444. The molecule has 42 heavy (non-hydrogen) atoms. The molecule has 0 amide bonds. The lowest BCUT2D eigenvalue weighted by Crippen LogP contribution is -2.19. The summed E-state index contributed by atoms with van der Waals surface area (Å²) in [5.41, 5.74) is 7.15. The monoisotopic (exact) mass is 604 g/mol. The molecule has 0 fully saturated rings. The molecule has 6 heteroatoms. The molecule has 0 aliphatic heterocycles. The van der Waals surface area contributed by atoms with Gasteiger partial charge in [0.15, 0.2) is 19.7 Å². The van der Waals surface area contributed by atoms with E-state index < -0.39 is 19.7 Å². The summed E-state index contributed by atoms with van der Waals surface area (Å²) < 4.78 is 53.8. The second-order valence-corrected chi connectivity index (χ2v) is 16.8. The van der Waals surface area contributed by atoms with Gasteiger partial charge in [-0.15, -0.1) is 0 Å². The summed E-state index contributed by atoms with van der Waals surface area (Å²) in [5.74, 6) is 0. The summed E-state index contributed by atoms with van der Waals surface area (Å²) in [6.45, 7) is 3.95. The van der Waals surface area contributed by atoms with Crippen molar-refractivity contribution in [3.63, 3.8) is 0 Å². The molecule has 0 spiro atoms. The first kappa shape index (κ1) is 30.7. The van der Waals surface area contributed by atoms with Crippen molar-refractivity contribution in [1.82, 2.24) is 0 Å². The second kappa shape index (κ2) is 13.3. The summed E-state index contributed by atoms with van der Waals surface area (Å²) in [6, 6.07) is 14.5. The van der Waals surface area contributed by atoms with Gasteiger partial charge in [0.25, 0.3) is 0 Å². The Hall–Kier alpha value is -2.70. The number of benzene rings is 2. The van der Waals surface area contributed by atoms with E-state index in [1.54, 1.807) is 24.3 Å². The van der Waals surface area contributed by atoms with Crippen molar-refractivity contribution in [1.29, 1.82) is 0 Å². The van der Waals surface area contributed by atoms with Crippen molar-refractivity contribution in [2.45, 2.75) is 111 Å². The third-order valence-corrected chi connectivity index (χ3v) is 13.4. The highest BCUT2D eigenvalue weighted by molar-refractivity contribution is 7.92. The van der Waals surface area contributed by atoms with Gasteiger partial charge in [-0.3, -0.25) is 0 Å². The van der Waals surface area contributed by atoms with Crippen LogP contribution in [0.4, 0.5) is 0 Å². The standard InChI is InChI=1S/C36H44O4S2/c1-27-15-19-33(20-16-27)41(37,38)35-23-29-11-7-3-5-9-13-31-25-36(42(39,40)34-21-17-28(2)18-22-34)26-32(31)14-10-6-4-8-12-30(29)24-35/h7,10-11,14-22,35-36H,3-6,8-9,12-13,23-26H2,1-2H3/b11-7+,14-10+. The number of allylic oxidation sites excluding steroid dienone is 8. The molecule has 0 heterocycles. The number of aryl methyl sites for hydroxylation is 2. The number of rotatable bonds is 4. The highest BCUT2D eigenvalue weighted by atomic mass is 32.2. The molecule has 2 unspecified atom stereocenters. The number of hydrogen-bond donors (Lipinski definition) is 0. The minimum atomic E-state index is -3.37. The van der Waals surface area contributed by atoms with Crippen LogP contribution in [0.25, 0.3) is 0 Å². The third-order valence-electron chi connectivity index (χ3n) is 9.17. The van der Waals surface area contributed by atoms with Gasteiger partial charge in [0, 0.05) is 0 Å². The molecule has 5 rings (SSSR count). The van der Waals surface area contributed by atoms with E-state index in [1.165, 1.54) is 22.3 Å². The van der Waals surface area contributed by atoms with E-state index in [0.717, 1.165) is 62.5 Å². The predicted octanol–water partition coefficient (Wildman–Crippen LogP) is 8.72. The van der Waals surface area contributed by atoms with Crippen molar-refractivity contribution in [2.24, 2.45) is 0 Å². The summed E-state index contributed by atoms with van der Waals surface area (Å²) in [6.07, 6.45) is 19.1. The highest BCUT2D eigenvalue weighted by Gasteiger charge is 2.35. The zero-order chi connectivity index (χ0) is 29.7. The van der Waals surface area contributed by atoms with Crippen molar-refractivity contribution in [3.8, 4) is 0 Å². The van der Waals surface area contributed by atoms with Crippen LogP contribution in [0, 0.1) is 13.8 Å². The Bertz CT molecular complexity index is 1480. The summed E-state index contributed by atoms with van der Waals surface area (Å²) in [7, 11) is -6.74. The Morgan fingerprint density at radius 2 is 0.905 bits per heavy atom. The van der Waals surface area contributed by atoms with Gasteiger partial charge in [-0.1, -0.05) is 70.8 Å². The van der Waals surface area contributed by atoms with Gasteiger partial charge >= 0.3 is 0 Å². The van der Waals surface area contributed by atoms with Crippen LogP contribution in [0.3, 0.4) is 0 Å². The van der Waals surface area contributed by atoms with Gasteiger partial charge in [-0.2, -0.15) is 0 Å². The van der Waals surface area contributed by atoms with Gasteiger partial charge in [0.1, 0.15) is 0 Å². The molecule has 2 aromatic carbocycles. The van der Waals surface area contributed by atoms with Crippen LogP contribution in [0.1, 0.15) is 88.2 Å². The van der Waals surface area contributed by atoms with Crippen LogP contribution >= 0.6 is 0 Å². The molecule has 0 bridgehead atoms. The lowest BCUT2D eigenvalue weighted by molar-refractivity contribution is 0.578. The maximum absolute atomic E-state index is 13.4. The van der Waals surface area contributed by atoms with Crippen molar-refractivity contribution in [3.05, 3.63) is 106 Å². The largest absolute Gasteiger partial charge is 0.223 e. The molecular weight excluding hydrogens is 561 g/mol. The molecule has 0 saturated heterocycles. The Balaban J connectivity index is 1.24. The molecule has 2 atom stereocenters. The van der Waals surface area contributed by atoms with E-state index in [1.807, 2.05) is 38.1 Å². The molecule has 224 valence electrons. The molecule has 2 aromatic rings. The molecule has 3 aliphatic rings. The van der Waals surface area contributed by atoms with Gasteiger partial charge in [-0.25, -0.2) is 16.8 Å². The molecular formula is C36H44O4S2. The first-order valence-corrected chi connectivity index (χ1v) is 18.6. The van der Waals surface area contributed by atoms with Crippen LogP contribution in [-0.4, -0.2) is 27.3 Å². The smallest absolute Gasteiger partial charge is 0.181 e. The van der Waals surface area contributed by atoms with E-state index in [4.69, 9.17) is 0 Å². The first-order valence-electron chi connectivity index (χ1n) is 15.5. The molecule has 4 nitrogen and oxygen atoms in total. The summed E-state index contributed by atoms with van der Waals surface area (Å²) in [5, 5.41) is -0.763. The van der Waals surface area contributed by atoms with Crippen molar-refractivity contribution >= 4 is 19.7 Å². The van der Waals surface area contributed by atoms with Crippen LogP contribution in [-0.2, 0) is 19.7 Å². The van der Waals surface area contributed by atoms with Gasteiger partial charge < -0.3 is 0 Å². The Labute approximate surface area is 253 Å². The van der Waals surface area contributed by atoms with Crippen molar-refractivity contribution in [2.75, 3.05) is 0 Å². The first-order chi connectivity index (χ1) is 20.1. The van der Waals surface area contributed by atoms with Crippen LogP contribution in [0.15, 0.2) is 105 Å². The van der Waals surface area contributed by atoms with Crippen LogP contribution in [0.2, 0.25) is 0 Å². The van der Waals surface area contributed by atoms with Crippen LogP contribution < -0.4 is 0 Å². The maximum atomic E-state index is 13.4. The number of hydrogen-bond acceptors (Lipinski definition) is 4. The Morgan fingerprint density at radius 3 is 1.29 bits per heavy atom.